The van der Waals surface area contributed by atoms with Gasteiger partial charge in [0.15, 0.2) is 6.23 Å². The maximum absolute atomic E-state index is 12.7. The van der Waals surface area contributed by atoms with Crippen molar-refractivity contribution < 1.29 is 29.6 Å². The molecule has 3 rings (SSSR count). The Morgan fingerprint density at radius 3 is 2.87 bits per heavy atom. The number of fused-ring (bicyclic) bond motifs is 1. The number of hydrogen-bond acceptors (Lipinski definition) is 10. The lowest BCUT2D eigenvalue weighted by molar-refractivity contribution is -0.113. The molecule has 2 aromatic rings. The van der Waals surface area contributed by atoms with Crippen molar-refractivity contribution in [3.8, 4) is 0 Å². The zero-order valence-corrected chi connectivity index (χ0v) is 17.1. The number of nitrogens with one attached hydrogen (secondary N) is 3. The number of aromatic nitrogens is 2. The fourth-order valence-electron chi connectivity index (χ4n) is 2.68. The topological polar surface area (TPSA) is 166 Å². The fourth-order valence-corrected chi connectivity index (χ4v) is 2.84. The van der Waals surface area contributed by atoms with E-state index in [9.17, 15) is 19.8 Å². The van der Waals surface area contributed by atoms with E-state index in [1.165, 1.54) is 37.6 Å². The molecule has 0 spiro atoms. The minimum absolute atomic E-state index is 0.0213. The summed E-state index contributed by atoms with van der Waals surface area (Å²) in [6.45, 7) is -0.380. The van der Waals surface area contributed by atoms with Gasteiger partial charge in [-0.3, -0.25) is 4.79 Å². The summed E-state index contributed by atoms with van der Waals surface area (Å²) in [6, 6.07) is 4.27. The van der Waals surface area contributed by atoms with Crippen molar-refractivity contribution in [2.45, 2.75) is 12.3 Å². The Morgan fingerprint density at radius 1 is 1.39 bits per heavy atom. The molecule has 12 heteroatoms. The number of aliphatic hydroxyl groups excluding tert-OH is 3. The van der Waals surface area contributed by atoms with Crippen LogP contribution >= 0.6 is 11.6 Å². The first-order valence-electron chi connectivity index (χ1n) is 9.07. The van der Waals surface area contributed by atoms with Gasteiger partial charge in [0.25, 0.3) is 5.91 Å². The predicted octanol–water partition coefficient (Wildman–Crippen LogP) is 0.448. The molecule has 2 atom stereocenters. The molecule has 2 heterocycles. The van der Waals surface area contributed by atoms with Gasteiger partial charge in [0, 0.05) is 18.3 Å². The van der Waals surface area contributed by atoms with Crippen LogP contribution in [0.4, 0.5) is 17.5 Å². The van der Waals surface area contributed by atoms with Crippen LogP contribution in [-0.4, -0.2) is 69.8 Å². The van der Waals surface area contributed by atoms with Crippen molar-refractivity contribution in [1.29, 1.82) is 0 Å². The van der Waals surface area contributed by atoms with Gasteiger partial charge < -0.3 is 36.0 Å². The van der Waals surface area contributed by atoms with Crippen LogP contribution in [0.5, 0.6) is 0 Å². The molecular weight excluding hydrogens is 430 g/mol. The first-order valence-corrected chi connectivity index (χ1v) is 9.45. The van der Waals surface area contributed by atoms with Gasteiger partial charge in [-0.2, -0.15) is 4.98 Å². The molecular formula is C19H20ClN5O6. The number of benzene rings is 1. The molecule has 0 radical (unpaired) electrons. The van der Waals surface area contributed by atoms with Crippen LogP contribution in [0.3, 0.4) is 0 Å². The van der Waals surface area contributed by atoms with E-state index >= 15 is 0 Å². The minimum atomic E-state index is -1.37. The molecule has 0 fully saturated rings. The Labute approximate surface area is 181 Å². The van der Waals surface area contributed by atoms with E-state index in [1.807, 2.05) is 0 Å². The van der Waals surface area contributed by atoms with Crippen LogP contribution in [0.1, 0.15) is 15.9 Å². The van der Waals surface area contributed by atoms with Crippen LogP contribution in [0.25, 0.3) is 6.08 Å². The zero-order valence-electron chi connectivity index (χ0n) is 16.3. The van der Waals surface area contributed by atoms with Crippen LogP contribution in [-0.2, 0) is 9.53 Å². The summed E-state index contributed by atoms with van der Waals surface area (Å²) in [7, 11) is 1.24. The number of amides is 1. The third-order valence-corrected chi connectivity index (χ3v) is 4.63. The summed E-state index contributed by atoms with van der Waals surface area (Å²) in [4.78, 5) is 32.6. The average molecular weight is 450 g/mol. The lowest BCUT2D eigenvalue weighted by Crippen LogP contribution is -2.33. The van der Waals surface area contributed by atoms with E-state index in [0.717, 1.165) is 0 Å². The van der Waals surface area contributed by atoms with Gasteiger partial charge in [-0.1, -0.05) is 11.6 Å². The maximum Gasteiger partial charge on any atom is 0.337 e. The number of esters is 1. The number of methoxy groups -OCH3 is 1. The second-order valence-electron chi connectivity index (χ2n) is 6.50. The van der Waals surface area contributed by atoms with Gasteiger partial charge in [0.1, 0.15) is 5.82 Å². The SMILES string of the molecule is COC(=O)c1ccc(Cl)c(NC(=O)C2=Cc3cnc(NCC(O)CO)nc3NC2O)c1. The summed E-state index contributed by atoms with van der Waals surface area (Å²) in [5.41, 5.74) is 0.792. The van der Waals surface area contributed by atoms with E-state index in [4.69, 9.17) is 16.7 Å². The molecule has 0 saturated heterocycles. The Morgan fingerprint density at radius 2 is 2.16 bits per heavy atom. The Bertz CT molecular complexity index is 1030. The number of halogens is 1. The normalized spacial score (nSPS) is 15.8. The van der Waals surface area contributed by atoms with Gasteiger partial charge in [-0.05, 0) is 24.3 Å². The van der Waals surface area contributed by atoms with Crippen molar-refractivity contribution in [1.82, 2.24) is 9.97 Å². The van der Waals surface area contributed by atoms with Gasteiger partial charge >= 0.3 is 5.97 Å². The second-order valence-corrected chi connectivity index (χ2v) is 6.91. The van der Waals surface area contributed by atoms with E-state index in [0.29, 0.717) is 5.56 Å². The number of nitrogens with zero attached hydrogens (tertiary/aromatic N) is 2. The number of aliphatic hydroxyl groups is 3. The highest BCUT2D eigenvalue weighted by Crippen LogP contribution is 2.28. The standard InChI is InChI=1S/C19H20ClN5O6/c1-31-18(30)9-2-3-13(20)14(5-9)23-16(28)12-4-10-6-21-19(22-7-11(27)8-26)25-15(10)24-17(12)29/h2-6,11,17,26-27,29H,7-8H2,1H3,(H,23,28)(H2,21,22,24,25). The number of rotatable bonds is 7. The molecule has 6 N–H and O–H groups in total. The highest BCUT2D eigenvalue weighted by atomic mass is 35.5. The molecule has 31 heavy (non-hydrogen) atoms. The van der Waals surface area contributed by atoms with Gasteiger partial charge in [0.2, 0.25) is 5.95 Å². The molecule has 0 bridgehead atoms. The number of hydrogen-bond donors (Lipinski definition) is 6. The molecule has 1 aromatic heterocycles. The third-order valence-electron chi connectivity index (χ3n) is 4.30. The quantitative estimate of drug-likeness (QED) is 0.326. The van der Waals surface area contributed by atoms with Gasteiger partial charge in [-0.25, -0.2) is 9.78 Å². The monoisotopic (exact) mass is 449 g/mol. The van der Waals surface area contributed by atoms with Crippen molar-refractivity contribution in [2.24, 2.45) is 0 Å². The van der Waals surface area contributed by atoms with E-state index < -0.39 is 30.8 Å². The predicted molar refractivity (Wildman–Crippen MR) is 113 cm³/mol. The first kappa shape index (κ1) is 22.4. The fraction of sp³-hybridized carbons (Fsp3) is 0.263. The Balaban J connectivity index is 1.79. The molecule has 0 aliphatic carbocycles. The highest BCUT2D eigenvalue weighted by Gasteiger charge is 2.26. The van der Waals surface area contributed by atoms with E-state index in [1.54, 1.807) is 0 Å². The number of ether oxygens (including phenoxy) is 1. The summed E-state index contributed by atoms with van der Waals surface area (Å²) in [5, 5.41) is 36.8. The third kappa shape index (κ3) is 5.27. The Hall–Kier alpha value is -3.25. The summed E-state index contributed by atoms with van der Waals surface area (Å²) in [5.74, 6) is -0.806. The smallest absolute Gasteiger partial charge is 0.337 e. The van der Waals surface area contributed by atoms with Gasteiger partial charge in [0.05, 0.1) is 41.7 Å². The van der Waals surface area contributed by atoms with Crippen LogP contribution < -0.4 is 16.0 Å². The molecule has 0 saturated carbocycles. The van der Waals surface area contributed by atoms with Crippen molar-refractivity contribution >= 4 is 47.0 Å². The summed E-state index contributed by atoms with van der Waals surface area (Å²) in [6.07, 6.45) is 0.488. The average Bonchev–Trinajstić information content (AvgIpc) is 2.77. The molecule has 1 aliphatic rings. The molecule has 2 unspecified atom stereocenters. The van der Waals surface area contributed by atoms with Crippen molar-refractivity contribution in [3.63, 3.8) is 0 Å². The van der Waals surface area contributed by atoms with Crippen LogP contribution in [0.15, 0.2) is 30.0 Å². The molecule has 1 aliphatic heterocycles. The number of carbonyl (C=O) groups excluding carboxylic acids is 2. The van der Waals surface area contributed by atoms with Gasteiger partial charge in [-0.15, -0.1) is 0 Å². The molecule has 164 valence electrons. The lowest BCUT2D eigenvalue weighted by atomic mass is 10.1. The van der Waals surface area contributed by atoms with E-state index in [2.05, 4.69) is 30.7 Å². The summed E-state index contributed by atoms with van der Waals surface area (Å²) < 4.78 is 4.65. The van der Waals surface area contributed by atoms with Crippen molar-refractivity contribution in [2.75, 3.05) is 36.2 Å². The molecule has 1 aromatic carbocycles. The van der Waals surface area contributed by atoms with Crippen molar-refractivity contribution in [3.05, 3.63) is 46.1 Å². The summed E-state index contributed by atoms with van der Waals surface area (Å²) >= 11 is 6.10. The minimum Gasteiger partial charge on any atom is -0.465 e. The molecule has 1 amide bonds. The number of anilines is 3. The zero-order chi connectivity index (χ0) is 22.5. The molecule has 11 nitrogen and oxygen atoms in total. The Kier molecular flexibility index (Phi) is 7.02. The van der Waals surface area contributed by atoms with Crippen LogP contribution in [0, 0.1) is 0 Å². The van der Waals surface area contributed by atoms with E-state index in [-0.39, 0.29) is 40.2 Å². The highest BCUT2D eigenvalue weighted by molar-refractivity contribution is 6.34. The first-order chi connectivity index (χ1) is 14.8. The van der Waals surface area contributed by atoms with Crippen LogP contribution in [0.2, 0.25) is 5.02 Å². The lowest BCUT2D eigenvalue weighted by Gasteiger charge is -2.23. The maximum atomic E-state index is 12.7. The largest absolute Gasteiger partial charge is 0.465 e. The second kappa shape index (κ2) is 9.71. The number of carbonyl (C=O) groups is 2.